The van der Waals surface area contributed by atoms with Crippen molar-refractivity contribution >= 4 is 30.5 Å². The second-order valence-electron chi connectivity index (χ2n) is 6.07. The Morgan fingerprint density at radius 2 is 1.72 bits per heavy atom. The molecular weight excluding hydrogens is 363 g/mol. The van der Waals surface area contributed by atoms with E-state index in [0.29, 0.717) is 13.2 Å². The summed E-state index contributed by atoms with van der Waals surface area (Å²) >= 11 is 0. The topological polar surface area (TPSA) is 45.2 Å². The Labute approximate surface area is 164 Å². The lowest BCUT2D eigenvalue weighted by molar-refractivity contribution is 0.0150. The summed E-state index contributed by atoms with van der Waals surface area (Å²) in [6.45, 7) is 7.93. The molecule has 5 nitrogen and oxygen atoms in total. The molecule has 0 saturated carbocycles. The van der Waals surface area contributed by atoms with Gasteiger partial charge in [0.2, 0.25) is 0 Å². The van der Waals surface area contributed by atoms with E-state index in [1.807, 2.05) is 12.1 Å². The second-order valence-corrected chi connectivity index (χ2v) is 6.07. The number of unbranched alkanes of at least 4 members (excludes halogenated alkanes) is 1. The molecule has 1 aromatic carbocycles. The van der Waals surface area contributed by atoms with Gasteiger partial charge in [-0.1, -0.05) is 13.3 Å². The van der Waals surface area contributed by atoms with Crippen molar-refractivity contribution in [3.8, 4) is 5.75 Å². The van der Waals surface area contributed by atoms with Gasteiger partial charge in [-0.3, -0.25) is 4.90 Å². The third-order valence-corrected chi connectivity index (χ3v) is 4.23. The van der Waals surface area contributed by atoms with E-state index in [-0.39, 0.29) is 30.9 Å². The van der Waals surface area contributed by atoms with Crippen molar-refractivity contribution in [1.29, 1.82) is 0 Å². The number of β-amino-alcohol motifs (C(OH)–C–C–N with tert-alkyl or cyclic N) is 1. The molecule has 25 heavy (non-hydrogen) atoms. The van der Waals surface area contributed by atoms with E-state index in [0.717, 1.165) is 51.4 Å². The summed E-state index contributed by atoms with van der Waals surface area (Å²) < 4.78 is 10.7. The van der Waals surface area contributed by atoms with Crippen molar-refractivity contribution in [2.45, 2.75) is 25.9 Å². The average molecular weight is 395 g/mol. The molecule has 146 valence electrons. The zero-order valence-corrected chi connectivity index (χ0v) is 16.9. The van der Waals surface area contributed by atoms with Crippen LogP contribution in [0.3, 0.4) is 0 Å². The molecule has 0 amide bonds. The summed E-state index contributed by atoms with van der Waals surface area (Å²) in [5.41, 5.74) is 1.23. The number of rotatable bonds is 9. The fourth-order valence-electron chi connectivity index (χ4n) is 2.80. The molecule has 7 heteroatoms. The second kappa shape index (κ2) is 13.5. The van der Waals surface area contributed by atoms with Crippen molar-refractivity contribution in [2.75, 3.05) is 57.9 Å². The number of benzene rings is 1. The first-order chi connectivity index (χ1) is 11.2. The third-order valence-electron chi connectivity index (χ3n) is 4.23. The van der Waals surface area contributed by atoms with Crippen molar-refractivity contribution in [2.24, 2.45) is 0 Å². The molecule has 1 aromatic rings. The van der Waals surface area contributed by atoms with Crippen LogP contribution in [0.4, 0.5) is 5.69 Å². The van der Waals surface area contributed by atoms with E-state index in [1.165, 1.54) is 5.69 Å². The molecule has 2 rings (SSSR count). The summed E-state index contributed by atoms with van der Waals surface area (Å²) in [5.74, 6) is 0.888. The van der Waals surface area contributed by atoms with Gasteiger partial charge in [-0.25, -0.2) is 0 Å². The minimum atomic E-state index is -0.389. The summed E-state index contributed by atoms with van der Waals surface area (Å²) in [6, 6.07) is 8.20. The summed E-state index contributed by atoms with van der Waals surface area (Å²) in [7, 11) is 1.69. The smallest absolute Gasteiger partial charge is 0.119 e. The van der Waals surface area contributed by atoms with Crippen LogP contribution in [0.5, 0.6) is 5.75 Å². The Kier molecular flexibility index (Phi) is 13.1. The van der Waals surface area contributed by atoms with Crippen LogP contribution in [-0.4, -0.2) is 69.2 Å². The van der Waals surface area contributed by atoms with E-state index in [4.69, 9.17) is 9.47 Å². The van der Waals surface area contributed by atoms with Gasteiger partial charge < -0.3 is 19.5 Å². The zero-order valence-electron chi connectivity index (χ0n) is 15.2. The van der Waals surface area contributed by atoms with Crippen molar-refractivity contribution in [3.05, 3.63) is 24.3 Å². The Balaban J connectivity index is 0.00000288. The van der Waals surface area contributed by atoms with Crippen LogP contribution in [0.25, 0.3) is 0 Å². The number of halogens is 2. The molecule has 1 saturated heterocycles. The number of nitrogens with zero attached hydrogens (tertiary/aromatic N) is 2. The zero-order chi connectivity index (χ0) is 16.5. The van der Waals surface area contributed by atoms with Crippen LogP contribution in [0.2, 0.25) is 0 Å². The van der Waals surface area contributed by atoms with Gasteiger partial charge in [-0.2, -0.15) is 0 Å². The van der Waals surface area contributed by atoms with Crippen molar-refractivity contribution in [1.82, 2.24) is 4.90 Å². The van der Waals surface area contributed by atoms with Crippen molar-refractivity contribution in [3.63, 3.8) is 0 Å². The van der Waals surface area contributed by atoms with Crippen LogP contribution in [0.15, 0.2) is 24.3 Å². The molecule has 0 radical (unpaired) electrons. The number of aliphatic hydroxyl groups excluding tert-OH is 1. The van der Waals surface area contributed by atoms with Gasteiger partial charge in [0.15, 0.2) is 0 Å². The molecule has 1 fully saturated rings. The Hall–Kier alpha value is -0.720. The Morgan fingerprint density at radius 3 is 2.28 bits per heavy atom. The van der Waals surface area contributed by atoms with Gasteiger partial charge >= 0.3 is 0 Å². The van der Waals surface area contributed by atoms with Crippen molar-refractivity contribution < 1.29 is 14.6 Å². The molecule has 0 aliphatic carbocycles. The first-order valence-electron chi connectivity index (χ1n) is 8.60. The minimum Gasteiger partial charge on any atom is -0.497 e. The lowest BCUT2D eigenvalue weighted by Crippen LogP contribution is -2.49. The summed E-state index contributed by atoms with van der Waals surface area (Å²) in [4.78, 5) is 4.69. The highest BCUT2D eigenvalue weighted by atomic mass is 35.5. The maximum atomic E-state index is 10.0. The highest BCUT2D eigenvalue weighted by Gasteiger charge is 2.19. The summed E-state index contributed by atoms with van der Waals surface area (Å²) in [6.07, 6.45) is 1.80. The highest BCUT2D eigenvalue weighted by Crippen LogP contribution is 2.20. The van der Waals surface area contributed by atoms with E-state index in [9.17, 15) is 5.11 Å². The van der Waals surface area contributed by atoms with Crippen LogP contribution in [0, 0.1) is 0 Å². The van der Waals surface area contributed by atoms with Gasteiger partial charge in [0.1, 0.15) is 5.75 Å². The highest BCUT2D eigenvalue weighted by molar-refractivity contribution is 5.85. The van der Waals surface area contributed by atoms with Crippen LogP contribution < -0.4 is 9.64 Å². The predicted octanol–water partition coefficient (Wildman–Crippen LogP) is 2.84. The van der Waals surface area contributed by atoms with E-state index in [1.54, 1.807) is 7.11 Å². The SMILES string of the molecule is CCCCOCC(O)CN1CCN(c2ccc(OC)cc2)CC1.Cl.Cl. The monoisotopic (exact) mass is 394 g/mol. The van der Waals surface area contributed by atoms with Gasteiger partial charge in [0, 0.05) is 45.0 Å². The maximum Gasteiger partial charge on any atom is 0.119 e. The lowest BCUT2D eigenvalue weighted by Gasteiger charge is -2.36. The molecule has 1 aliphatic heterocycles. The quantitative estimate of drug-likeness (QED) is 0.652. The molecular formula is C18H32Cl2N2O3. The van der Waals surface area contributed by atoms with Gasteiger partial charge in [0.25, 0.3) is 0 Å². The predicted molar refractivity (Wildman–Crippen MR) is 108 cm³/mol. The van der Waals surface area contributed by atoms with E-state index >= 15 is 0 Å². The van der Waals surface area contributed by atoms with Crippen LogP contribution in [0.1, 0.15) is 19.8 Å². The molecule has 1 atom stereocenters. The number of hydrogen-bond donors (Lipinski definition) is 1. The number of methoxy groups -OCH3 is 1. The number of ether oxygens (including phenoxy) is 2. The number of aliphatic hydroxyl groups is 1. The molecule has 0 aromatic heterocycles. The standard InChI is InChI=1S/C18H30N2O3.2ClH/c1-3-4-13-23-15-17(21)14-19-9-11-20(12-10-19)16-5-7-18(22-2)8-6-16;;/h5-8,17,21H,3-4,9-15H2,1-2H3;2*1H. The third kappa shape index (κ3) is 8.47. The summed E-state index contributed by atoms with van der Waals surface area (Å²) in [5, 5.41) is 10.0. The normalized spacial score (nSPS) is 15.9. The lowest BCUT2D eigenvalue weighted by atomic mass is 10.2. The molecule has 1 N–H and O–H groups in total. The molecule has 1 aliphatic rings. The molecule has 1 heterocycles. The van der Waals surface area contributed by atoms with E-state index in [2.05, 4.69) is 28.9 Å². The van der Waals surface area contributed by atoms with Crippen LogP contribution >= 0.6 is 24.8 Å². The molecule has 0 bridgehead atoms. The molecule has 1 unspecified atom stereocenters. The van der Waals surface area contributed by atoms with Gasteiger partial charge in [0.05, 0.1) is 19.8 Å². The number of piperazine rings is 1. The first kappa shape index (κ1) is 24.3. The average Bonchev–Trinajstić information content (AvgIpc) is 2.59. The number of hydrogen-bond acceptors (Lipinski definition) is 5. The van der Waals surface area contributed by atoms with E-state index < -0.39 is 0 Å². The number of anilines is 1. The minimum absolute atomic E-state index is 0. The first-order valence-corrected chi connectivity index (χ1v) is 8.60. The Morgan fingerprint density at radius 1 is 1.08 bits per heavy atom. The Bertz CT molecular complexity index is 440. The maximum absolute atomic E-state index is 10.0. The fraction of sp³-hybridized carbons (Fsp3) is 0.667. The van der Waals surface area contributed by atoms with Gasteiger partial charge in [-0.15, -0.1) is 24.8 Å². The van der Waals surface area contributed by atoms with Crippen LogP contribution in [-0.2, 0) is 4.74 Å². The largest absolute Gasteiger partial charge is 0.497 e. The van der Waals surface area contributed by atoms with Gasteiger partial charge in [-0.05, 0) is 30.7 Å². The fourth-order valence-corrected chi connectivity index (χ4v) is 2.80. The molecule has 0 spiro atoms.